The number of ether oxygens (including phenoxy) is 1. The lowest BCUT2D eigenvalue weighted by Gasteiger charge is -2.01. The molecule has 0 radical (unpaired) electrons. The van der Waals surface area contributed by atoms with Crippen LogP contribution in [-0.2, 0) is 11.3 Å². The van der Waals surface area contributed by atoms with Gasteiger partial charge in [-0.1, -0.05) is 19.4 Å². The predicted octanol–water partition coefficient (Wildman–Crippen LogP) is 1.31. The Kier molecular flexibility index (Phi) is 3.93. The molecule has 0 spiro atoms. The van der Waals surface area contributed by atoms with Gasteiger partial charge in [0.15, 0.2) is 5.65 Å². The summed E-state index contributed by atoms with van der Waals surface area (Å²) in [6.45, 7) is 3.91. The van der Waals surface area contributed by atoms with Gasteiger partial charge in [0.25, 0.3) is 0 Å². The third-order valence-corrected chi connectivity index (χ3v) is 2.58. The van der Waals surface area contributed by atoms with Gasteiger partial charge >= 0.3 is 5.69 Å². The van der Waals surface area contributed by atoms with Crippen LogP contribution in [-0.4, -0.2) is 27.4 Å². The fourth-order valence-corrected chi connectivity index (χ4v) is 1.61. The van der Waals surface area contributed by atoms with Crippen molar-refractivity contribution in [2.24, 2.45) is 0 Å². The molecule has 0 unspecified atom stereocenters. The topological polar surface area (TPSA) is 48.5 Å². The van der Waals surface area contributed by atoms with Gasteiger partial charge in [0, 0.05) is 12.8 Å². The molecule has 0 fully saturated rings. The molecule has 5 nitrogen and oxygen atoms in total. The number of pyridine rings is 1. The highest BCUT2D eigenvalue weighted by Gasteiger charge is 2.04. The molecule has 0 N–H and O–H groups in total. The minimum absolute atomic E-state index is 0.111. The largest absolute Gasteiger partial charge is 0.380 e. The lowest BCUT2D eigenvalue weighted by molar-refractivity contribution is 0.120. The molecule has 2 rings (SSSR count). The van der Waals surface area contributed by atoms with Gasteiger partial charge in [-0.3, -0.25) is 4.40 Å². The van der Waals surface area contributed by atoms with Crippen molar-refractivity contribution in [1.29, 1.82) is 0 Å². The molecule has 17 heavy (non-hydrogen) atoms. The van der Waals surface area contributed by atoms with Crippen molar-refractivity contribution in [2.75, 3.05) is 13.2 Å². The lowest BCUT2D eigenvalue weighted by Crippen LogP contribution is -2.23. The smallest absolute Gasteiger partial charge is 0.350 e. The molecule has 0 saturated heterocycles. The molecule has 0 atom stereocenters. The molecule has 0 amide bonds. The maximum Gasteiger partial charge on any atom is 0.350 e. The Hall–Kier alpha value is -1.62. The van der Waals surface area contributed by atoms with Crippen molar-refractivity contribution in [2.45, 2.75) is 26.3 Å². The van der Waals surface area contributed by atoms with Crippen LogP contribution in [0, 0.1) is 0 Å². The zero-order chi connectivity index (χ0) is 12.1. The maximum atomic E-state index is 11.9. The van der Waals surface area contributed by atoms with Crippen molar-refractivity contribution in [1.82, 2.24) is 14.2 Å². The van der Waals surface area contributed by atoms with Gasteiger partial charge in [0.2, 0.25) is 0 Å². The quantitative estimate of drug-likeness (QED) is 0.709. The number of nitrogens with zero attached hydrogens (tertiary/aromatic N) is 3. The second-order valence-electron chi connectivity index (χ2n) is 3.90. The SMILES string of the molecule is CCCCOCCn1nc2ccccn2c1=O. The van der Waals surface area contributed by atoms with Crippen LogP contribution in [0.15, 0.2) is 29.2 Å². The zero-order valence-electron chi connectivity index (χ0n) is 10.0. The van der Waals surface area contributed by atoms with Gasteiger partial charge in [-0.15, -0.1) is 5.10 Å². The second kappa shape index (κ2) is 5.63. The Labute approximate surface area is 99.6 Å². The predicted molar refractivity (Wildman–Crippen MR) is 65.2 cm³/mol. The summed E-state index contributed by atoms with van der Waals surface area (Å²) >= 11 is 0. The van der Waals surface area contributed by atoms with Crippen LogP contribution < -0.4 is 5.69 Å². The van der Waals surface area contributed by atoms with Gasteiger partial charge in [0.1, 0.15) is 0 Å². The first-order valence-electron chi connectivity index (χ1n) is 5.95. The summed E-state index contributed by atoms with van der Waals surface area (Å²) in [7, 11) is 0. The van der Waals surface area contributed by atoms with E-state index in [0.717, 1.165) is 19.4 Å². The maximum absolute atomic E-state index is 11.9. The molecule has 0 saturated carbocycles. The first-order chi connectivity index (χ1) is 8.33. The normalized spacial score (nSPS) is 11.1. The standard InChI is InChI=1S/C12H17N3O2/c1-2-3-9-17-10-8-15-12(16)14-7-5-4-6-11(14)13-15/h4-7H,2-3,8-10H2,1H3. The molecule has 0 aliphatic rings. The molecule has 92 valence electrons. The summed E-state index contributed by atoms with van der Waals surface area (Å²) in [5.41, 5.74) is 0.561. The molecule has 0 bridgehead atoms. The summed E-state index contributed by atoms with van der Waals surface area (Å²) < 4.78 is 8.40. The lowest BCUT2D eigenvalue weighted by atomic mass is 10.4. The van der Waals surface area contributed by atoms with Gasteiger partial charge in [-0.05, 0) is 18.6 Å². The summed E-state index contributed by atoms with van der Waals surface area (Å²) in [5, 5.41) is 4.22. The molecule has 0 aliphatic heterocycles. The van der Waals surface area contributed by atoms with Crippen LogP contribution in [0.4, 0.5) is 0 Å². The van der Waals surface area contributed by atoms with Gasteiger partial charge < -0.3 is 4.74 Å². The Morgan fingerprint density at radius 1 is 1.35 bits per heavy atom. The molecule has 2 heterocycles. The van der Waals surface area contributed by atoms with Gasteiger partial charge in [-0.2, -0.15) is 0 Å². The average Bonchev–Trinajstić information content (AvgIpc) is 2.67. The van der Waals surface area contributed by atoms with E-state index in [9.17, 15) is 4.79 Å². The highest BCUT2D eigenvalue weighted by molar-refractivity contribution is 5.35. The van der Waals surface area contributed by atoms with Crippen LogP contribution in [0.5, 0.6) is 0 Å². The summed E-state index contributed by atoms with van der Waals surface area (Å²) in [4.78, 5) is 11.9. The number of fused-ring (bicyclic) bond motifs is 1. The molecule has 0 aromatic carbocycles. The Bertz CT molecular complexity index is 530. The number of rotatable bonds is 6. The molecular weight excluding hydrogens is 218 g/mol. The van der Waals surface area contributed by atoms with Crippen molar-refractivity contribution in [3.8, 4) is 0 Å². The Balaban J connectivity index is 1.99. The number of hydrogen-bond acceptors (Lipinski definition) is 3. The minimum atomic E-state index is -0.111. The molecular formula is C12H17N3O2. The molecule has 2 aromatic heterocycles. The molecule has 5 heteroatoms. The molecule has 2 aromatic rings. The van der Waals surface area contributed by atoms with Gasteiger partial charge in [0.05, 0.1) is 13.2 Å². The van der Waals surface area contributed by atoms with E-state index in [0.29, 0.717) is 18.8 Å². The van der Waals surface area contributed by atoms with E-state index in [1.54, 1.807) is 6.20 Å². The summed E-state index contributed by atoms with van der Waals surface area (Å²) in [6.07, 6.45) is 3.90. The van der Waals surface area contributed by atoms with E-state index in [2.05, 4.69) is 12.0 Å². The van der Waals surface area contributed by atoms with Crippen molar-refractivity contribution < 1.29 is 4.74 Å². The van der Waals surface area contributed by atoms with Crippen molar-refractivity contribution in [3.63, 3.8) is 0 Å². The van der Waals surface area contributed by atoms with Crippen LogP contribution in [0.1, 0.15) is 19.8 Å². The second-order valence-corrected chi connectivity index (χ2v) is 3.90. The van der Waals surface area contributed by atoms with E-state index >= 15 is 0 Å². The van der Waals surface area contributed by atoms with Crippen LogP contribution >= 0.6 is 0 Å². The highest BCUT2D eigenvalue weighted by atomic mass is 16.5. The number of unbranched alkanes of at least 4 members (excludes halogenated alkanes) is 1. The summed E-state index contributed by atoms with van der Waals surface area (Å²) in [5.74, 6) is 0. The number of aromatic nitrogens is 3. The average molecular weight is 235 g/mol. The van der Waals surface area contributed by atoms with Crippen LogP contribution in [0.2, 0.25) is 0 Å². The first-order valence-corrected chi connectivity index (χ1v) is 5.95. The monoisotopic (exact) mass is 235 g/mol. The third-order valence-electron chi connectivity index (χ3n) is 2.58. The minimum Gasteiger partial charge on any atom is -0.380 e. The van der Waals surface area contributed by atoms with Crippen molar-refractivity contribution in [3.05, 3.63) is 34.9 Å². The highest BCUT2D eigenvalue weighted by Crippen LogP contribution is 1.95. The van der Waals surface area contributed by atoms with Crippen molar-refractivity contribution >= 4 is 5.65 Å². The Morgan fingerprint density at radius 2 is 2.24 bits per heavy atom. The molecule has 0 aliphatic carbocycles. The fourth-order valence-electron chi connectivity index (χ4n) is 1.61. The van der Waals surface area contributed by atoms with E-state index in [4.69, 9.17) is 4.74 Å². The first kappa shape index (κ1) is 11.9. The number of hydrogen-bond donors (Lipinski definition) is 0. The summed E-state index contributed by atoms with van der Waals surface area (Å²) in [6, 6.07) is 5.50. The van der Waals surface area contributed by atoms with Crippen LogP contribution in [0.25, 0.3) is 5.65 Å². The third kappa shape index (κ3) is 2.74. The van der Waals surface area contributed by atoms with E-state index in [-0.39, 0.29) is 5.69 Å². The fraction of sp³-hybridized carbons (Fsp3) is 0.500. The van der Waals surface area contributed by atoms with Crippen LogP contribution in [0.3, 0.4) is 0 Å². The zero-order valence-corrected chi connectivity index (χ0v) is 10.0. The van der Waals surface area contributed by atoms with E-state index in [1.165, 1.54) is 9.08 Å². The Morgan fingerprint density at radius 3 is 3.00 bits per heavy atom. The van der Waals surface area contributed by atoms with E-state index in [1.807, 2.05) is 18.2 Å². The van der Waals surface area contributed by atoms with Gasteiger partial charge in [-0.25, -0.2) is 9.48 Å². The van der Waals surface area contributed by atoms with E-state index < -0.39 is 0 Å².